The van der Waals surface area contributed by atoms with E-state index in [2.05, 4.69) is 73.6 Å². The summed E-state index contributed by atoms with van der Waals surface area (Å²) < 4.78 is 0. The lowest BCUT2D eigenvalue weighted by atomic mass is 9.55. The van der Waals surface area contributed by atoms with Gasteiger partial charge in [0, 0.05) is 5.41 Å². The minimum absolute atomic E-state index is 0.0208. The zero-order valence-corrected chi connectivity index (χ0v) is 17.1. The number of hydrogen-bond acceptors (Lipinski definition) is 2. The molecule has 0 aromatic heterocycles. The van der Waals surface area contributed by atoms with Crippen molar-refractivity contribution in [3.8, 4) is 5.75 Å². The van der Waals surface area contributed by atoms with Crippen LogP contribution in [0, 0.1) is 16.2 Å². The van der Waals surface area contributed by atoms with Crippen LogP contribution in [0.15, 0.2) is 54.1 Å². The third-order valence-corrected chi connectivity index (χ3v) is 5.56. The average Bonchev–Trinajstić information content (AvgIpc) is 2.52. The first-order valence-corrected chi connectivity index (χ1v) is 9.20. The van der Waals surface area contributed by atoms with Crippen LogP contribution in [0.5, 0.6) is 5.75 Å². The largest absolute Gasteiger partial charge is 0.337 e. The van der Waals surface area contributed by atoms with Crippen LogP contribution in [0.3, 0.4) is 0 Å². The van der Waals surface area contributed by atoms with Crippen molar-refractivity contribution in [2.24, 2.45) is 16.2 Å². The van der Waals surface area contributed by atoms with Crippen LogP contribution >= 0.6 is 0 Å². The smallest absolute Gasteiger partial charge is 0.165 e. The third kappa shape index (κ3) is 4.00. The molecule has 138 valence electrons. The van der Waals surface area contributed by atoms with Gasteiger partial charge in [-0.05, 0) is 48.8 Å². The number of benzene rings is 1. The van der Waals surface area contributed by atoms with Gasteiger partial charge in [-0.2, -0.15) is 4.89 Å². The lowest BCUT2D eigenvalue weighted by Crippen LogP contribution is -2.53. The maximum atomic E-state index is 6.03. The first-order chi connectivity index (χ1) is 11.4. The molecule has 0 spiro atoms. The minimum Gasteiger partial charge on any atom is -0.337 e. The minimum atomic E-state index is -0.489. The normalized spacial score (nSPS) is 21.8. The molecule has 1 aromatic rings. The van der Waals surface area contributed by atoms with Crippen molar-refractivity contribution in [2.45, 2.75) is 67.4 Å². The average molecular weight is 343 g/mol. The van der Waals surface area contributed by atoms with Crippen LogP contribution in [0.1, 0.15) is 61.8 Å². The second-order valence-electron chi connectivity index (χ2n) is 9.66. The molecular formula is C23H34O2. The van der Waals surface area contributed by atoms with E-state index in [1.165, 1.54) is 5.57 Å². The summed E-state index contributed by atoms with van der Waals surface area (Å²) in [4.78, 5) is 11.7. The Bertz CT molecular complexity index is 639. The Morgan fingerprint density at radius 1 is 0.880 bits per heavy atom. The number of para-hydroxylation sites is 1. The maximum Gasteiger partial charge on any atom is 0.165 e. The Balaban J connectivity index is 2.29. The van der Waals surface area contributed by atoms with Crippen LogP contribution in [-0.2, 0) is 4.89 Å². The summed E-state index contributed by atoms with van der Waals surface area (Å²) in [5.41, 5.74) is 0.909. The number of rotatable bonds is 4. The highest BCUT2D eigenvalue weighted by molar-refractivity contribution is 5.34. The van der Waals surface area contributed by atoms with Crippen LogP contribution in [0.4, 0.5) is 0 Å². The van der Waals surface area contributed by atoms with Crippen LogP contribution in [0.25, 0.3) is 0 Å². The van der Waals surface area contributed by atoms with Gasteiger partial charge < -0.3 is 4.89 Å². The van der Waals surface area contributed by atoms with Crippen LogP contribution in [0.2, 0.25) is 0 Å². The van der Waals surface area contributed by atoms with Gasteiger partial charge in [-0.25, -0.2) is 0 Å². The van der Waals surface area contributed by atoms with Gasteiger partial charge in [0.1, 0.15) is 5.60 Å². The molecule has 0 bridgehead atoms. The molecule has 2 rings (SSSR count). The fourth-order valence-corrected chi connectivity index (χ4v) is 3.80. The molecule has 0 N–H and O–H groups in total. The van der Waals surface area contributed by atoms with Crippen LogP contribution < -0.4 is 4.89 Å². The summed E-state index contributed by atoms with van der Waals surface area (Å²) in [6, 6.07) is 9.69. The Hall–Kier alpha value is -1.54. The SMILES string of the molecule is CC(C)(C)C1=CCC(C(C)(C)C)(C(C)(C)OOc2ccccc2)C=C1. The molecule has 1 aliphatic carbocycles. The van der Waals surface area contributed by atoms with Gasteiger partial charge in [-0.3, -0.25) is 0 Å². The Labute approximate surface area is 153 Å². The van der Waals surface area contributed by atoms with Crippen molar-refractivity contribution in [1.29, 1.82) is 0 Å². The molecule has 1 aromatic carbocycles. The highest BCUT2D eigenvalue weighted by Crippen LogP contribution is 2.55. The summed E-state index contributed by atoms with van der Waals surface area (Å²) in [6.07, 6.45) is 7.94. The molecule has 0 aliphatic heterocycles. The monoisotopic (exact) mass is 342 g/mol. The highest BCUT2D eigenvalue weighted by Gasteiger charge is 2.53. The molecule has 0 fully saturated rings. The summed E-state index contributed by atoms with van der Waals surface area (Å²) in [7, 11) is 0. The quantitative estimate of drug-likeness (QED) is 0.445. The third-order valence-electron chi connectivity index (χ3n) is 5.56. The van der Waals surface area contributed by atoms with Crippen molar-refractivity contribution in [3.05, 3.63) is 54.1 Å². The molecule has 0 heterocycles. The Morgan fingerprint density at radius 2 is 1.48 bits per heavy atom. The lowest BCUT2D eigenvalue weighted by Gasteiger charge is -2.52. The van der Waals surface area contributed by atoms with E-state index in [9.17, 15) is 0 Å². The fraction of sp³-hybridized carbons (Fsp3) is 0.565. The summed E-state index contributed by atoms with van der Waals surface area (Å²) in [5, 5.41) is 0. The first-order valence-electron chi connectivity index (χ1n) is 9.20. The topological polar surface area (TPSA) is 18.5 Å². The van der Waals surface area contributed by atoms with E-state index in [0.717, 1.165) is 12.2 Å². The predicted octanol–water partition coefficient (Wildman–Crippen LogP) is 6.74. The highest BCUT2D eigenvalue weighted by atomic mass is 17.2. The van der Waals surface area contributed by atoms with Crippen molar-refractivity contribution >= 4 is 0 Å². The molecular weight excluding hydrogens is 308 g/mol. The molecule has 2 heteroatoms. The maximum absolute atomic E-state index is 6.03. The first kappa shape index (κ1) is 19.8. The van der Waals surface area contributed by atoms with Gasteiger partial charge in [0.25, 0.3) is 0 Å². The van der Waals surface area contributed by atoms with E-state index < -0.39 is 5.60 Å². The summed E-state index contributed by atoms with van der Waals surface area (Å²) >= 11 is 0. The van der Waals surface area contributed by atoms with Gasteiger partial charge in [0.15, 0.2) is 5.75 Å². The second-order valence-corrected chi connectivity index (χ2v) is 9.66. The zero-order chi connectivity index (χ0) is 18.9. The van der Waals surface area contributed by atoms with Crippen molar-refractivity contribution in [3.63, 3.8) is 0 Å². The predicted molar refractivity (Wildman–Crippen MR) is 105 cm³/mol. The number of allylic oxidation sites excluding steroid dienone is 3. The van der Waals surface area contributed by atoms with Gasteiger partial charge in [-0.1, -0.05) is 78.0 Å². The van der Waals surface area contributed by atoms with Crippen molar-refractivity contribution in [1.82, 2.24) is 0 Å². The molecule has 0 saturated carbocycles. The lowest BCUT2D eigenvalue weighted by molar-refractivity contribution is -0.319. The molecule has 0 saturated heterocycles. The summed E-state index contributed by atoms with van der Waals surface area (Å²) in [5.74, 6) is 0.727. The van der Waals surface area contributed by atoms with Crippen LogP contribution in [-0.4, -0.2) is 5.60 Å². The van der Waals surface area contributed by atoms with E-state index in [1.807, 2.05) is 30.3 Å². The van der Waals surface area contributed by atoms with Gasteiger partial charge >= 0.3 is 0 Å². The molecule has 1 aliphatic rings. The molecule has 0 radical (unpaired) electrons. The van der Waals surface area contributed by atoms with E-state index in [1.54, 1.807) is 0 Å². The van der Waals surface area contributed by atoms with Gasteiger partial charge in [-0.15, -0.1) is 0 Å². The molecule has 2 nitrogen and oxygen atoms in total. The summed E-state index contributed by atoms with van der Waals surface area (Å²) in [6.45, 7) is 17.9. The molecule has 1 unspecified atom stereocenters. The van der Waals surface area contributed by atoms with E-state index >= 15 is 0 Å². The number of hydrogen-bond donors (Lipinski definition) is 0. The molecule has 1 atom stereocenters. The molecule has 0 amide bonds. The van der Waals surface area contributed by atoms with E-state index in [0.29, 0.717) is 0 Å². The van der Waals surface area contributed by atoms with Crippen molar-refractivity contribution < 1.29 is 9.78 Å². The van der Waals surface area contributed by atoms with Crippen molar-refractivity contribution in [2.75, 3.05) is 0 Å². The second kappa shape index (κ2) is 6.64. The van der Waals surface area contributed by atoms with E-state index in [4.69, 9.17) is 9.78 Å². The molecule has 25 heavy (non-hydrogen) atoms. The fourth-order valence-electron chi connectivity index (χ4n) is 3.80. The van der Waals surface area contributed by atoms with Gasteiger partial charge in [0.2, 0.25) is 0 Å². The Kier molecular flexibility index (Phi) is 5.26. The van der Waals surface area contributed by atoms with Gasteiger partial charge in [0.05, 0.1) is 0 Å². The Morgan fingerprint density at radius 3 is 1.92 bits per heavy atom. The van der Waals surface area contributed by atoms with E-state index in [-0.39, 0.29) is 16.2 Å². The standard InChI is InChI=1S/C23H34O2/c1-20(2,3)18-14-16-23(17-15-18,21(4,5)6)22(7,8)25-24-19-12-10-9-11-13-19/h9-16H,17H2,1-8H3. The zero-order valence-electron chi connectivity index (χ0n) is 17.1.